The van der Waals surface area contributed by atoms with Crippen molar-refractivity contribution < 1.29 is 4.79 Å². The first-order chi connectivity index (χ1) is 11.0. The van der Waals surface area contributed by atoms with E-state index < -0.39 is 0 Å². The highest BCUT2D eigenvalue weighted by atomic mass is 79.9. The van der Waals surface area contributed by atoms with Crippen LogP contribution in [0.5, 0.6) is 0 Å². The van der Waals surface area contributed by atoms with Gasteiger partial charge in [0.2, 0.25) is 0 Å². The largest absolute Gasteiger partial charge is 0.350 e. The molecule has 0 aliphatic rings. The number of carbonyl (C=O) groups is 1. The van der Waals surface area contributed by atoms with E-state index in [0.717, 1.165) is 10.9 Å². The van der Waals surface area contributed by atoms with Crippen LogP contribution in [0.4, 0.5) is 0 Å². The van der Waals surface area contributed by atoms with Gasteiger partial charge in [0.15, 0.2) is 0 Å². The molecule has 1 amide bonds. The predicted octanol–water partition coefficient (Wildman–Crippen LogP) is 4.04. The third kappa shape index (κ3) is 4.66. The number of hydrogen-bond donors (Lipinski definition) is 1. The first-order valence-corrected chi connectivity index (χ1v) is 8.60. The summed E-state index contributed by atoms with van der Waals surface area (Å²) in [7, 11) is 4.06. The summed E-state index contributed by atoms with van der Waals surface area (Å²) >= 11 is 3.42. The van der Waals surface area contributed by atoms with Crippen LogP contribution in [0.15, 0.2) is 53.0 Å². The third-order valence-corrected chi connectivity index (χ3v) is 4.66. The van der Waals surface area contributed by atoms with Gasteiger partial charge in [-0.1, -0.05) is 43.3 Å². The van der Waals surface area contributed by atoms with Gasteiger partial charge in [-0.25, -0.2) is 0 Å². The van der Waals surface area contributed by atoms with Crippen molar-refractivity contribution in [3.05, 3.63) is 69.7 Å². The van der Waals surface area contributed by atoms with Gasteiger partial charge in [-0.2, -0.15) is 0 Å². The van der Waals surface area contributed by atoms with Gasteiger partial charge in [-0.3, -0.25) is 4.79 Å². The fraction of sp³-hybridized carbons (Fsp3) is 0.316. The fourth-order valence-corrected chi connectivity index (χ4v) is 2.97. The van der Waals surface area contributed by atoms with E-state index in [9.17, 15) is 4.79 Å². The number of carbonyl (C=O) groups excluding carboxylic acids is 1. The Balaban J connectivity index is 2.08. The number of amides is 1. The molecule has 0 spiro atoms. The van der Waals surface area contributed by atoms with Gasteiger partial charge in [0.05, 0.1) is 11.6 Å². The van der Waals surface area contributed by atoms with Gasteiger partial charge in [-0.15, -0.1) is 0 Å². The molecule has 0 heterocycles. The molecular formula is C19H23BrN2O. The molecule has 4 heteroatoms. The summed E-state index contributed by atoms with van der Waals surface area (Å²) in [5.74, 6) is -0.0606. The zero-order valence-electron chi connectivity index (χ0n) is 13.8. The van der Waals surface area contributed by atoms with Gasteiger partial charge >= 0.3 is 0 Å². The summed E-state index contributed by atoms with van der Waals surface area (Å²) in [6, 6.07) is 16.2. The molecule has 2 rings (SSSR count). The van der Waals surface area contributed by atoms with Crippen molar-refractivity contribution in [2.75, 3.05) is 20.6 Å². The number of halogens is 1. The van der Waals surface area contributed by atoms with Crippen molar-refractivity contribution >= 4 is 21.8 Å². The lowest BCUT2D eigenvalue weighted by Gasteiger charge is -2.25. The Bertz CT molecular complexity index is 653. The van der Waals surface area contributed by atoms with E-state index in [2.05, 4.69) is 57.3 Å². The lowest BCUT2D eigenvalue weighted by molar-refractivity contribution is 0.0941. The Morgan fingerprint density at radius 3 is 2.35 bits per heavy atom. The van der Waals surface area contributed by atoms with Crippen LogP contribution in [-0.2, 0) is 6.42 Å². The van der Waals surface area contributed by atoms with E-state index in [-0.39, 0.29) is 11.9 Å². The van der Waals surface area contributed by atoms with Crippen LogP contribution in [0.1, 0.15) is 34.5 Å². The van der Waals surface area contributed by atoms with Gasteiger partial charge in [-0.05, 0) is 59.7 Å². The monoisotopic (exact) mass is 374 g/mol. The fourth-order valence-electron chi connectivity index (χ4n) is 2.50. The summed E-state index contributed by atoms with van der Waals surface area (Å²) in [4.78, 5) is 14.5. The number of aryl methyl sites for hydroxylation is 1. The second kappa shape index (κ2) is 8.27. The minimum atomic E-state index is -0.0606. The van der Waals surface area contributed by atoms with Crippen molar-refractivity contribution in [2.45, 2.75) is 19.4 Å². The molecule has 0 saturated carbocycles. The number of nitrogens with one attached hydrogen (secondary N) is 1. The highest BCUT2D eigenvalue weighted by molar-refractivity contribution is 9.10. The van der Waals surface area contributed by atoms with Crippen LogP contribution >= 0.6 is 15.9 Å². The molecule has 1 atom stereocenters. The molecule has 2 aromatic carbocycles. The number of nitrogens with zero attached hydrogens (tertiary/aromatic N) is 1. The molecule has 0 fully saturated rings. The van der Waals surface area contributed by atoms with Gasteiger partial charge in [0.25, 0.3) is 5.91 Å². The molecule has 0 radical (unpaired) electrons. The van der Waals surface area contributed by atoms with E-state index in [4.69, 9.17) is 0 Å². The van der Waals surface area contributed by atoms with Crippen LogP contribution < -0.4 is 5.32 Å². The molecule has 2 aromatic rings. The van der Waals surface area contributed by atoms with Crippen molar-refractivity contribution in [2.24, 2.45) is 0 Å². The highest BCUT2D eigenvalue weighted by Gasteiger charge is 2.16. The molecular weight excluding hydrogens is 352 g/mol. The highest BCUT2D eigenvalue weighted by Crippen LogP contribution is 2.19. The molecule has 3 nitrogen and oxygen atoms in total. The SMILES string of the molecule is CCc1ccc(C(CNC(=O)c2ccccc2Br)N(C)C)cc1. The molecule has 23 heavy (non-hydrogen) atoms. The first kappa shape index (κ1) is 17.7. The number of hydrogen-bond acceptors (Lipinski definition) is 2. The zero-order chi connectivity index (χ0) is 16.8. The normalized spacial score (nSPS) is 12.2. The van der Waals surface area contributed by atoms with E-state index in [0.29, 0.717) is 12.1 Å². The molecule has 1 N–H and O–H groups in total. The van der Waals surface area contributed by atoms with E-state index in [1.165, 1.54) is 11.1 Å². The van der Waals surface area contributed by atoms with Crippen molar-refractivity contribution in [1.82, 2.24) is 10.2 Å². The average molecular weight is 375 g/mol. The lowest BCUT2D eigenvalue weighted by atomic mass is 10.0. The summed E-state index contributed by atoms with van der Waals surface area (Å²) in [5.41, 5.74) is 3.19. The summed E-state index contributed by atoms with van der Waals surface area (Å²) in [6.07, 6.45) is 1.03. The standard InChI is InChI=1S/C19H23BrN2O/c1-4-14-9-11-15(12-10-14)18(22(2)3)13-21-19(23)16-7-5-6-8-17(16)20/h5-12,18H,4,13H2,1-3H3,(H,21,23). The second-order valence-corrected chi connectivity index (χ2v) is 6.62. The summed E-state index contributed by atoms with van der Waals surface area (Å²) in [6.45, 7) is 2.72. The van der Waals surface area contributed by atoms with Crippen LogP contribution in [0, 0.1) is 0 Å². The minimum Gasteiger partial charge on any atom is -0.350 e. The third-order valence-electron chi connectivity index (χ3n) is 3.97. The van der Waals surface area contributed by atoms with Crippen molar-refractivity contribution in [3.63, 3.8) is 0 Å². The average Bonchev–Trinajstić information content (AvgIpc) is 2.55. The number of likely N-dealkylation sites (N-methyl/N-ethyl adjacent to an activating group) is 1. The summed E-state index contributed by atoms with van der Waals surface area (Å²) < 4.78 is 0.811. The molecule has 122 valence electrons. The topological polar surface area (TPSA) is 32.3 Å². The molecule has 0 aromatic heterocycles. The quantitative estimate of drug-likeness (QED) is 0.827. The number of benzene rings is 2. The van der Waals surface area contributed by atoms with Crippen molar-refractivity contribution in [1.29, 1.82) is 0 Å². The van der Waals surface area contributed by atoms with E-state index in [1.54, 1.807) is 0 Å². The Morgan fingerprint density at radius 1 is 1.13 bits per heavy atom. The molecule has 1 unspecified atom stereocenters. The van der Waals surface area contributed by atoms with Gasteiger partial charge in [0.1, 0.15) is 0 Å². The zero-order valence-corrected chi connectivity index (χ0v) is 15.4. The van der Waals surface area contributed by atoms with E-state index in [1.807, 2.05) is 38.4 Å². The van der Waals surface area contributed by atoms with Crippen LogP contribution in [0.2, 0.25) is 0 Å². The maximum atomic E-state index is 12.4. The van der Waals surface area contributed by atoms with Crippen LogP contribution in [-0.4, -0.2) is 31.4 Å². The minimum absolute atomic E-state index is 0.0606. The molecule has 0 bridgehead atoms. The molecule has 0 aliphatic heterocycles. The maximum absolute atomic E-state index is 12.4. The van der Waals surface area contributed by atoms with Crippen molar-refractivity contribution in [3.8, 4) is 0 Å². The Morgan fingerprint density at radius 2 is 1.78 bits per heavy atom. The second-order valence-electron chi connectivity index (χ2n) is 5.76. The van der Waals surface area contributed by atoms with Crippen LogP contribution in [0.3, 0.4) is 0 Å². The summed E-state index contributed by atoms with van der Waals surface area (Å²) in [5, 5.41) is 3.04. The van der Waals surface area contributed by atoms with Gasteiger partial charge < -0.3 is 10.2 Å². The Kier molecular flexibility index (Phi) is 6.37. The first-order valence-electron chi connectivity index (χ1n) is 7.81. The molecule has 0 aliphatic carbocycles. The maximum Gasteiger partial charge on any atom is 0.252 e. The number of rotatable bonds is 6. The van der Waals surface area contributed by atoms with Gasteiger partial charge in [0, 0.05) is 11.0 Å². The lowest BCUT2D eigenvalue weighted by Crippen LogP contribution is -2.34. The molecule has 0 saturated heterocycles. The van der Waals surface area contributed by atoms with E-state index >= 15 is 0 Å². The predicted molar refractivity (Wildman–Crippen MR) is 98.7 cm³/mol. The smallest absolute Gasteiger partial charge is 0.252 e. The Hall–Kier alpha value is -1.65. The Labute approximate surface area is 146 Å². The van der Waals surface area contributed by atoms with Crippen LogP contribution in [0.25, 0.3) is 0 Å².